The van der Waals surface area contributed by atoms with Crippen molar-refractivity contribution in [1.29, 1.82) is 0 Å². The van der Waals surface area contributed by atoms with Crippen molar-refractivity contribution < 1.29 is 9.90 Å². The number of phenols is 1. The molecule has 0 aliphatic carbocycles. The van der Waals surface area contributed by atoms with Crippen molar-refractivity contribution in [2.75, 3.05) is 20.1 Å². The van der Waals surface area contributed by atoms with Crippen molar-refractivity contribution in [2.45, 2.75) is 19.4 Å². The summed E-state index contributed by atoms with van der Waals surface area (Å²) in [6, 6.07) is 5.17. The largest absolute Gasteiger partial charge is 0.508 e. The molecule has 0 radical (unpaired) electrons. The average Bonchev–Trinajstić information content (AvgIpc) is 2.43. The summed E-state index contributed by atoms with van der Waals surface area (Å²) >= 11 is 6.10. The molecule has 4 nitrogen and oxygen atoms in total. The molecule has 2 N–H and O–H groups in total. The lowest BCUT2D eigenvalue weighted by atomic mass is 9.95. The SMILES string of the molecule is CNC(=O)C1CCN(Cc2c(O)cccc2Cl)CC1. The summed E-state index contributed by atoms with van der Waals surface area (Å²) in [6.45, 7) is 2.33. The summed E-state index contributed by atoms with van der Waals surface area (Å²) in [4.78, 5) is 13.8. The number of nitrogens with one attached hydrogen (secondary N) is 1. The van der Waals surface area contributed by atoms with Gasteiger partial charge < -0.3 is 10.4 Å². The predicted molar refractivity (Wildman–Crippen MR) is 75.2 cm³/mol. The minimum atomic E-state index is 0.112. The number of hydrogen-bond donors (Lipinski definition) is 2. The summed E-state index contributed by atoms with van der Waals surface area (Å²) < 4.78 is 0. The first-order valence-corrected chi connectivity index (χ1v) is 6.90. The minimum absolute atomic E-state index is 0.112. The van der Waals surface area contributed by atoms with E-state index in [-0.39, 0.29) is 17.6 Å². The zero-order chi connectivity index (χ0) is 13.8. The second-order valence-electron chi connectivity index (χ2n) is 4.90. The molecule has 1 heterocycles. The van der Waals surface area contributed by atoms with E-state index in [9.17, 15) is 9.90 Å². The first-order valence-electron chi connectivity index (χ1n) is 6.52. The first-order chi connectivity index (χ1) is 9.11. The third-order valence-electron chi connectivity index (χ3n) is 3.68. The molecule has 1 fully saturated rings. The van der Waals surface area contributed by atoms with Crippen LogP contribution in [0.5, 0.6) is 5.75 Å². The van der Waals surface area contributed by atoms with Gasteiger partial charge in [-0.05, 0) is 38.1 Å². The number of rotatable bonds is 3. The lowest BCUT2D eigenvalue weighted by Gasteiger charge is -2.31. The number of hydrogen-bond acceptors (Lipinski definition) is 3. The number of benzene rings is 1. The highest BCUT2D eigenvalue weighted by Crippen LogP contribution is 2.28. The van der Waals surface area contributed by atoms with Gasteiger partial charge >= 0.3 is 0 Å². The van der Waals surface area contributed by atoms with Gasteiger partial charge in [-0.3, -0.25) is 9.69 Å². The van der Waals surface area contributed by atoms with Gasteiger partial charge in [0.05, 0.1) is 0 Å². The molecule has 1 amide bonds. The van der Waals surface area contributed by atoms with Crippen LogP contribution in [0.25, 0.3) is 0 Å². The molecule has 5 heteroatoms. The van der Waals surface area contributed by atoms with Gasteiger partial charge in [-0.15, -0.1) is 0 Å². The molecule has 0 bridgehead atoms. The Balaban J connectivity index is 1.94. The fraction of sp³-hybridized carbons (Fsp3) is 0.500. The summed E-state index contributed by atoms with van der Waals surface area (Å²) in [6.07, 6.45) is 1.70. The van der Waals surface area contributed by atoms with Crippen molar-refractivity contribution >= 4 is 17.5 Å². The molecule has 1 aromatic carbocycles. The third kappa shape index (κ3) is 3.39. The Bertz CT molecular complexity index is 437. The number of amides is 1. The van der Waals surface area contributed by atoms with Crippen molar-refractivity contribution in [3.8, 4) is 5.75 Å². The molecule has 0 atom stereocenters. The van der Waals surface area contributed by atoms with E-state index >= 15 is 0 Å². The van der Waals surface area contributed by atoms with E-state index in [1.165, 1.54) is 0 Å². The molecule has 104 valence electrons. The van der Waals surface area contributed by atoms with Crippen LogP contribution in [0.3, 0.4) is 0 Å². The molecule has 0 unspecified atom stereocenters. The Morgan fingerprint density at radius 3 is 2.74 bits per heavy atom. The molecule has 0 aromatic heterocycles. The fourth-order valence-corrected chi connectivity index (χ4v) is 2.71. The van der Waals surface area contributed by atoms with Crippen LogP contribution in [0.1, 0.15) is 18.4 Å². The Morgan fingerprint density at radius 2 is 2.16 bits per heavy atom. The van der Waals surface area contributed by atoms with Crippen molar-refractivity contribution in [3.63, 3.8) is 0 Å². The number of aromatic hydroxyl groups is 1. The van der Waals surface area contributed by atoms with Crippen LogP contribution in [-0.2, 0) is 11.3 Å². The van der Waals surface area contributed by atoms with Crippen LogP contribution >= 0.6 is 11.6 Å². The van der Waals surface area contributed by atoms with Crippen LogP contribution in [0.15, 0.2) is 18.2 Å². The van der Waals surface area contributed by atoms with Gasteiger partial charge in [0, 0.05) is 30.1 Å². The van der Waals surface area contributed by atoms with Crippen LogP contribution in [0, 0.1) is 5.92 Å². The van der Waals surface area contributed by atoms with E-state index in [0.717, 1.165) is 31.5 Å². The second kappa shape index (κ2) is 6.26. The maximum atomic E-state index is 11.5. The Kier molecular flexibility index (Phi) is 4.66. The van der Waals surface area contributed by atoms with Crippen LogP contribution in [-0.4, -0.2) is 36.1 Å². The van der Waals surface area contributed by atoms with E-state index in [1.807, 2.05) is 0 Å². The van der Waals surface area contributed by atoms with Gasteiger partial charge in [0.2, 0.25) is 5.91 Å². The van der Waals surface area contributed by atoms with E-state index < -0.39 is 0 Å². The van der Waals surface area contributed by atoms with E-state index in [4.69, 9.17) is 11.6 Å². The molecule has 1 aliphatic heterocycles. The minimum Gasteiger partial charge on any atom is -0.508 e. The highest BCUT2D eigenvalue weighted by molar-refractivity contribution is 6.31. The zero-order valence-electron chi connectivity index (χ0n) is 11.0. The van der Waals surface area contributed by atoms with E-state index in [1.54, 1.807) is 25.2 Å². The number of carbonyl (C=O) groups is 1. The predicted octanol–water partition coefficient (Wildman–Crippen LogP) is 2.00. The second-order valence-corrected chi connectivity index (χ2v) is 5.31. The fourth-order valence-electron chi connectivity index (χ4n) is 2.48. The van der Waals surface area contributed by atoms with Crippen LogP contribution in [0.2, 0.25) is 5.02 Å². The van der Waals surface area contributed by atoms with Gasteiger partial charge in [-0.2, -0.15) is 0 Å². The zero-order valence-corrected chi connectivity index (χ0v) is 11.8. The lowest BCUT2D eigenvalue weighted by molar-refractivity contribution is -0.125. The molecule has 1 aliphatic rings. The molecular formula is C14H19ClN2O2. The molecule has 1 saturated heterocycles. The summed E-state index contributed by atoms with van der Waals surface area (Å²) in [5.41, 5.74) is 0.766. The molecule has 0 spiro atoms. The highest BCUT2D eigenvalue weighted by Gasteiger charge is 2.24. The smallest absolute Gasteiger partial charge is 0.222 e. The topological polar surface area (TPSA) is 52.6 Å². The number of carbonyl (C=O) groups excluding carboxylic acids is 1. The van der Waals surface area contributed by atoms with Crippen LogP contribution in [0.4, 0.5) is 0 Å². The highest BCUT2D eigenvalue weighted by atomic mass is 35.5. The van der Waals surface area contributed by atoms with Gasteiger partial charge in [-0.25, -0.2) is 0 Å². The number of nitrogens with zero attached hydrogens (tertiary/aromatic N) is 1. The molecule has 0 saturated carbocycles. The van der Waals surface area contributed by atoms with E-state index in [0.29, 0.717) is 11.6 Å². The summed E-state index contributed by atoms with van der Waals surface area (Å²) in [5.74, 6) is 0.474. The van der Waals surface area contributed by atoms with Gasteiger partial charge in [0.25, 0.3) is 0 Å². The van der Waals surface area contributed by atoms with Gasteiger partial charge in [0.1, 0.15) is 5.75 Å². The molecular weight excluding hydrogens is 264 g/mol. The third-order valence-corrected chi connectivity index (χ3v) is 4.03. The monoisotopic (exact) mass is 282 g/mol. The number of halogens is 1. The molecule has 19 heavy (non-hydrogen) atoms. The van der Waals surface area contributed by atoms with Crippen molar-refractivity contribution in [1.82, 2.24) is 10.2 Å². The van der Waals surface area contributed by atoms with Gasteiger partial charge in [-0.1, -0.05) is 17.7 Å². The van der Waals surface area contributed by atoms with Crippen molar-refractivity contribution in [2.24, 2.45) is 5.92 Å². The Hall–Kier alpha value is -1.26. The standard InChI is InChI=1S/C14H19ClN2O2/c1-16-14(19)10-5-7-17(8-6-10)9-11-12(15)3-2-4-13(11)18/h2-4,10,18H,5-9H2,1H3,(H,16,19). The lowest BCUT2D eigenvalue weighted by Crippen LogP contribution is -2.39. The average molecular weight is 283 g/mol. The molecule has 1 aromatic rings. The first kappa shape index (κ1) is 14.2. The normalized spacial score (nSPS) is 17.4. The number of piperidine rings is 1. The Morgan fingerprint density at radius 1 is 1.47 bits per heavy atom. The van der Waals surface area contributed by atoms with E-state index in [2.05, 4.69) is 10.2 Å². The molecule has 2 rings (SSSR count). The van der Waals surface area contributed by atoms with Crippen LogP contribution < -0.4 is 5.32 Å². The number of phenolic OH excluding ortho intramolecular Hbond substituents is 1. The quantitative estimate of drug-likeness (QED) is 0.892. The van der Waals surface area contributed by atoms with Gasteiger partial charge in [0.15, 0.2) is 0 Å². The summed E-state index contributed by atoms with van der Waals surface area (Å²) in [5, 5.41) is 13.1. The summed E-state index contributed by atoms with van der Waals surface area (Å²) in [7, 11) is 1.68. The number of likely N-dealkylation sites (tertiary alicyclic amines) is 1. The maximum absolute atomic E-state index is 11.5. The Labute approximate surface area is 118 Å². The maximum Gasteiger partial charge on any atom is 0.222 e. The van der Waals surface area contributed by atoms with Crippen molar-refractivity contribution in [3.05, 3.63) is 28.8 Å².